The second-order valence-corrected chi connectivity index (χ2v) is 6.00. The highest BCUT2D eigenvalue weighted by Crippen LogP contribution is 2.25. The van der Waals surface area contributed by atoms with Crippen molar-refractivity contribution in [1.82, 2.24) is 10.3 Å². The number of aromatic nitrogens is 1. The summed E-state index contributed by atoms with van der Waals surface area (Å²) < 4.78 is 0. The zero-order valence-corrected chi connectivity index (χ0v) is 11.4. The molecule has 0 bridgehead atoms. The van der Waals surface area contributed by atoms with E-state index in [1.807, 2.05) is 11.6 Å². The quantitative estimate of drug-likeness (QED) is 0.861. The van der Waals surface area contributed by atoms with Crippen molar-refractivity contribution in [3.05, 3.63) is 16.6 Å². The molecule has 5 heteroatoms. The van der Waals surface area contributed by atoms with Gasteiger partial charge < -0.3 is 10.4 Å². The molecule has 4 nitrogen and oxygen atoms in total. The van der Waals surface area contributed by atoms with Crippen molar-refractivity contribution in [2.24, 2.45) is 5.92 Å². The van der Waals surface area contributed by atoms with Crippen LogP contribution in [0, 0.1) is 5.92 Å². The van der Waals surface area contributed by atoms with Gasteiger partial charge in [0.1, 0.15) is 0 Å². The Morgan fingerprint density at radius 3 is 3.17 bits per heavy atom. The number of thiazole rings is 1. The first kappa shape index (κ1) is 13.5. The van der Waals surface area contributed by atoms with Crippen LogP contribution in [0.2, 0.25) is 0 Å². The van der Waals surface area contributed by atoms with Gasteiger partial charge in [-0.2, -0.15) is 0 Å². The Hall–Kier alpha value is -0.940. The minimum absolute atomic E-state index is 0.161. The first-order valence-corrected chi connectivity index (χ1v) is 7.40. The van der Waals surface area contributed by atoms with E-state index in [9.17, 15) is 4.79 Å². The molecule has 3 unspecified atom stereocenters. The van der Waals surface area contributed by atoms with Crippen LogP contribution in [0.25, 0.3) is 0 Å². The summed E-state index contributed by atoms with van der Waals surface area (Å²) >= 11 is 1.68. The third kappa shape index (κ3) is 3.53. The average Bonchev–Trinajstić information content (AvgIpc) is 2.90. The van der Waals surface area contributed by atoms with Crippen molar-refractivity contribution >= 4 is 17.3 Å². The molecule has 18 heavy (non-hydrogen) atoms. The molecule has 1 aromatic heterocycles. The van der Waals surface area contributed by atoms with E-state index in [0.717, 1.165) is 37.2 Å². The zero-order chi connectivity index (χ0) is 13.0. The van der Waals surface area contributed by atoms with Crippen LogP contribution in [0.1, 0.15) is 43.5 Å². The molecule has 0 spiro atoms. The molecule has 3 atom stereocenters. The van der Waals surface area contributed by atoms with Crippen molar-refractivity contribution in [2.75, 3.05) is 6.54 Å². The van der Waals surface area contributed by atoms with Gasteiger partial charge in [0, 0.05) is 30.1 Å². The molecule has 1 aromatic rings. The zero-order valence-electron chi connectivity index (χ0n) is 10.6. The highest BCUT2D eigenvalue weighted by atomic mass is 32.1. The van der Waals surface area contributed by atoms with Gasteiger partial charge in [-0.1, -0.05) is 13.3 Å². The molecule has 0 radical (unpaired) electrons. The molecule has 0 aromatic carbocycles. The molecule has 1 aliphatic carbocycles. The van der Waals surface area contributed by atoms with Gasteiger partial charge in [0.15, 0.2) is 0 Å². The summed E-state index contributed by atoms with van der Waals surface area (Å²) in [6.07, 6.45) is 5.53. The van der Waals surface area contributed by atoms with Crippen LogP contribution in [-0.2, 0) is 4.79 Å². The van der Waals surface area contributed by atoms with Crippen LogP contribution in [0.3, 0.4) is 0 Å². The summed E-state index contributed by atoms with van der Waals surface area (Å²) in [5.74, 6) is -0.406. The number of nitrogens with zero attached hydrogens (tertiary/aromatic N) is 1. The summed E-state index contributed by atoms with van der Waals surface area (Å²) in [4.78, 5) is 15.3. The van der Waals surface area contributed by atoms with E-state index in [1.165, 1.54) is 0 Å². The fraction of sp³-hybridized carbons (Fsp3) is 0.692. The van der Waals surface area contributed by atoms with Gasteiger partial charge >= 0.3 is 5.97 Å². The number of carboxylic acids is 1. The second-order valence-electron chi connectivity index (χ2n) is 5.08. The summed E-state index contributed by atoms with van der Waals surface area (Å²) in [5, 5.41) is 15.7. The second kappa shape index (κ2) is 6.29. The number of carboxylic acid groups (broad SMARTS) is 1. The number of carbonyl (C=O) groups is 1. The van der Waals surface area contributed by atoms with Gasteiger partial charge in [-0.05, 0) is 19.3 Å². The van der Waals surface area contributed by atoms with Crippen LogP contribution in [0.4, 0.5) is 0 Å². The lowest BCUT2D eigenvalue weighted by molar-refractivity contribution is -0.143. The molecule has 1 fully saturated rings. The van der Waals surface area contributed by atoms with Gasteiger partial charge in [0.25, 0.3) is 0 Å². The van der Waals surface area contributed by atoms with E-state index < -0.39 is 5.97 Å². The van der Waals surface area contributed by atoms with Crippen molar-refractivity contribution in [2.45, 2.75) is 44.6 Å². The number of aliphatic carboxylic acids is 1. The topological polar surface area (TPSA) is 62.2 Å². The Labute approximate surface area is 111 Å². The van der Waals surface area contributed by atoms with E-state index in [1.54, 1.807) is 11.3 Å². The first-order valence-electron chi connectivity index (χ1n) is 6.52. The maximum absolute atomic E-state index is 11.0. The van der Waals surface area contributed by atoms with Gasteiger partial charge in [0.05, 0.1) is 10.9 Å². The Morgan fingerprint density at radius 2 is 2.50 bits per heavy atom. The van der Waals surface area contributed by atoms with Crippen molar-refractivity contribution in [3.8, 4) is 0 Å². The molecule has 100 valence electrons. The number of hydrogen-bond acceptors (Lipinski definition) is 4. The molecule has 0 amide bonds. The Bertz CT molecular complexity index is 380. The average molecular weight is 268 g/mol. The van der Waals surface area contributed by atoms with E-state index in [2.05, 4.69) is 17.2 Å². The SMILES string of the molecule is CC(CNC1CCCC(C(=O)O)C1)c1nccs1. The summed E-state index contributed by atoms with van der Waals surface area (Å²) in [7, 11) is 0. The Kier molecular flexibility index (Phi) is 4.72. The van der Waals surface area contributed by atoms with E-state index >= 15 is 0 Å². The molecule has 0 saturated heterocycles. The predicted octanol–water partition coefficient (Wildman–Crippen LogP) is 2.48. The molecular weight excluding hydrogens is 248 g/mol. The normalized spacial score (nSPS) is 25.8. The third-order valence-electron chi connectivity index (χ3n) is 3.61. The van der Waals surface area contributed by atoms with E-state index in [-0.39, 0.29) is 5.92 Å². The highest BCUT2D eigenvalue weighted by Gasteiger charge is 2.26. The van der Waals surface area contributed by atoms with Gasteiger partial charge in [0.2, 0.25) is 0 Å². The minimum Gasteiger partial charge on any atom is -0.481 e. The number of hydrogen-bond donors (Lipinski definition) is 2. The fourth-order valence-corrected chi connectivity index (χ4v) is 3.21. The maximum Gasteiger partial charge on any atom is 0.306 e. The van der Waals surface area contributed by atoms with Crippen molar-refractivity contribution in [3.63, 3.8) is 0 Å². The first-order chi connectivity index (χ1) is 8.66. The smallest absolute Gasteiger partial charge is 0.306 e. The molecule has 0 aliphatic heterocycles. The fourth-order valence-electron chi connectivity index (χ4n) is 2.51. The third-order valence-corrected chi connectivity index (χ3v) is 4.62. The standard InChI is InChI=1S/C13H20N2O2S/c1-9(12-14-5-6-18-12)8-15-11-4-2-3-10(7-11)13(16)17/h5-6,9-11,15H,2-4,7-8H2,1H3,(H,16,17). The molecule has 1 heterocycles. The summed E-state index contributed by atoms with van der Waals surface area (Å²) in [6, 6.07) is 0.349. The lowest BCUT2D eigenvalue weighted by Crippen LogP contribution is -2.38. The minimum atomic E-state index is -0.644. The largest absolute Gasteiger partial charge is 0.481 e. The summed E-state index contributed by atoms with van der Waals surface area (Å²) in [6.45, 7) is 3.04. The molecule has 2 rings (SSSR count). The molecule has 2 N–H and O–H groups in total. The summed E-state index contributed by atoms with van der Waals surface area (Å²) in [5.41, 5.74) is 0. The van der Waals surface area contributed by atoms with Crippen LogP contribution in [-0.4, -0.2) is 28.6 Å². The molecule has 1 saturated carbocycles. The van der Waals surface area contributed by atoms with Crippen molar-refractivity contribution in [1.29, 1.82) is 0 Å². The number of rotatable bonds is 5. The van der Waals surface area contributed by atoms with Gasteiger partial charge in [-0.15, -0.1) is 11.3 Å². The van der Waals surface area contributed by atoms with Crippen LogP contribution in [0.15, 0.2) is 11.6 Å². The van der Waals surface area contributed by atoms with Gasteiger partial charge in [-0.25, -0.2) is 4.98 Å². The molecule has 1 aliphatic rings. The Balaban J connectivity index is 1.78. The van der Waals surface area contributed by atoms with Crippen LogP contribution >= 0.6 is 11.3 Å². The maximum atomic E-state index is 11.0. The number of nitrogens with one attached hydrogen (secondary N) is 1. The lowest BCUT2D eigenvalue weighted by Gasteiger charge is -2.28. The van der Waals surface area contributed by atoms with Crippen LogP contribution in [0.5, 0.6) is 0 Å². The predicted molar refractivity (Wildman–Crippen MR) is 71.9 cm³/mol. The van der Waals surface area contributed by atoms with E-state index in [4.69, 9.17) is 5.11 Å². The lowest BCUT2D eigenvalue weighted by atomic mass is 9.85. The molecular formula is C13H20N2O2S. The highest BCUT2D eigenvalue weighted by molar-refractivity contribution is 7.09. The van der Waals surface area contributed by atoms with Crippen LogP contribution < -0.4 is 5.32 Å². The van der Waals surface area contributed by atoms with Gasteiger partial charge in [-0.3, -0.25) is 4.79 Å². The van der Waals surface area contributed by atoms with E-state index in [0.29, 0.717) is 12.0 Å². The monoisotopic (exact) mass is 268 g/mol. The Morgan fingerprint density at radius 1 is 1.67 bits per heavy atom. The van der Waals surface area contributed by atoms with Crippen molar-refractivity contribution < 1.29 is 9.90 Å².